The monoisotopic (exact) mass is 340 g/mol. The lowest BCUT2D eigenvalue weighted by Crippen LogP contribution is -2.65. The van der Waals surface area contributed by atoms with Gasteiger partial charge in [-0.15, -0.1) is 0 Å². The Kier molecular flexibility index (Phi) is 5.57. The highest BCUT2D eigenvalue weighted by Gasteiger charge is 2.62. The Morgan fingerprint density at radius 3 is 2.42 bits per heavy atom. The molecule has 140 valence electrons. The summed E-state index contributed by atoms with van der Waals surface area (Å²) >= 11 is 0. The Morgan fingerprint density at radius 1 is 1.21 bits per heavy atom. The molecule has 0 aromatic heterocycles. The zero-order valence-corrected chi connectivity index (χ0v) is 15.8. The Bertz CT molecular complexity index is 474. The molecule has 4 nitrogen and oxygen atoms in total. The number of hydrogen-bond donors (Lipinski definition) is 4. The van der Waals surface area contributed by atoms with Gasteiger partial charge in [-0.1, -0.05) is 27.4 Å². The molecule has 0 saturated heterocycles. The van der Waals surface area contributed by atoms with Gasteiger partial charge >= 0.3 is 0 Å². The normalized spacial score (nSPS) is 47.1. The lowest BCUT2D eigenvalue weighted by molar-refractivity contribution is -0.235. The SMILES string of the molecule is C=C(CC[C@@]1(C)[C@H](C)CC[C@]2(C)[C@@H]1CC[C@@H](O)[C@]2(C)O)[C@H](O)CO. The van der Waals surface area contributed by atoms with Crippen LogP contribution in [-0.4, -0.2) is 44.8 Å². The lowest BCUT2D eigenvalue weighted by atomic mass is 9.43. The standard InChI is InChI=1S/C20H36O4/c1-13(15(22)12-21)8-10-18(3)14(2)9-11-19(4)16(18)6-7-17(23)20(19,5)24/h14-17,21-24H,1,6-12H2,2-5H3/t14-,15-,16-,17-,18+,19-,20+/m1/s1. The summed E-state index contributed by atoms with van der Waals surface area (Å²) in [6, 6.07) is 0. The van der Waals surface area contributed by atoms with Gasteiger partial charge in [0.1, 0.15) is 0 Å². The van der Waals surface area contributed by atoms with Crippen LogP contribution in [-0.2, 0) is 0 Å². The first-order valence-corrected chi connectivity index (χ1v) is 9.37. The van der Waals surface area contributed by atoms with E-state index in [2.05, 4.69) is 27.4 Å². The second-order valence-electron chi connectivity index (χ2n) is 9.01. The topological polar surface area (TPSA) is 80.9 Å². The molecule has 2 saturated carbocycles. The quantitative estimate of drug-likeness (QED) is 0.580. The molecule has 7 atom stereocenters. The molecule has 2 rings (SSSR count). The molecule has 4 heteroatoms. The van der Waals surface area contributed by atoms with E-state index in [0.717, 1.165) is 25.7 Å². The average molecular weight is 341 g/mol. The van der Waals surface area contributed by atoms with Gasteiger partial charge in [-0.25, -0.2) is 0 Å². The van der Waals surface area contributed by atoms with Crippen molar-refractivity contribution in [2.45, 2.75) is 84.0 Å². The van der Waals surface area contributed by atoms with Crippen molar-refractivity contribution in [3.63, 3.8) is 0 Å². The van der Waals surface area contributed by atoms with Crippen LogP contribution < -0.4 is 0 Å². The summed E-state index contributed by atoms with van der Waals surface area (Å²) in [6.07, 6.45) is 3.56. The number of aliphatic hydroxyl groups excluding tert-OH is 3. The van der Waals surface area contributed by atoms with Crippen LogP contribution >= 0.6 is 0 Å². The highest BCUT2D eigenvalue weighted by Crippen LogP contribution is 2.64. The lowest BCUT2D eigenvalue weighted by Gasteiger charge is -2.64. The maximum atomic E-state index is 11.1. The molecule has 4 N–H and O–H groups in total. The summed E-state index contributed by atoms with van der Waals surface area (Å²) in [5, 5.41) is 40.4. The largest absolute Gasteiger partial charge is 0.393 e. The molecule has 0 spiro atoms. The van der Waals surface area contributed by atoms with Crippen molar-refractivity contribution in [1.82, 2.24) is 0 Å². The van der Waals surface area contributed by atoms with E-state index >= 15 is 0 Å². The highest BCUT2D eigenvalue weighted by molar-refractivity contribution is 5.13. The smallest absolute Gasteiger partial charge is 0.0978 e. The van der Waals surface area contributed by atoms with E-state index in [1.54, 1.807) is 6.92 Å². The van der Waals surface area contributed by atoms with Crippen molar-refractivity contribution in [1.29, 1.82) is 0 Å². The molecule has 0 unspecified atom stereocenters. The molecule has 0 aromatic rings. The third-order valence-corrected chi connectivity index (χ3v) is 7.95. The third kappa shape index (κ3) is 2.96. The van der Waals surface area contributed by atoms with Gasteiger partial charge in [0.2, 0.25) is 0 Å². The minimum atomic E-state index is -1.07. The summed E-state index contributed by atoms with van der Waals surface area (Å²) in [4.78, 5) is 0. The van der Waals surface area contributed by atoms with Crippen molar-refractivity contribution >= 4 is 0 Å². The Balaban J connectivity index is 2.26. The van der Waals surface area contributed by atoms with Gasteiger partial charge in [0, 0.05) is 5.41 Å². The molecule has 0 aromatic carbocycles. The van der Waals surface area contributed by atoms with E-state index in [1.807, 2.05) is 0 Å². The third-order valence-electron chi connectivity index (χ3n) is 7.95. The van der Waals surface area contributed by atoms with Crippen LogP contribution in [0.1, 0.15) is 66.2 Å². The zero-order chi connectivity index (χ0) is 18.3. The van der Waals surface area contributed by atoms with Gasteiger partial charge in [-0.3, -0.25) is 0 Å². The first-order valence-electron chi connectivity index (χ1n) is 9.37. The molecule has 0 heterocycles. The van der Waals surface area contributed by atoms with E-state index in [-0.39, 0.29) is 17.4 Å². The van der Waals surface area contributed by atoms with E-state index in [1.165, 1.54) is 0 Å². The molecular formula is C20H36O4. The van der Waals surface area contributed by atoms with Gasteiger partial charge < -0.3 is 20.4 Å². The van der Waals surface area contributed by atoms with Crippen LogP contribution in [0, 0.1) is 22.7 Å². The first-order chi connectivity index (χ1) is 11.0. The maximum absolute atomic E-state index is 11.1. The molecule has 0 bridgehead atoms. The van der Waals surface area contributed by atoms with Gasteiger partial charge in [-0.05, 0) is 68.3 Å². The number of hydrogen-bond acceptors (Lipinski definition) is 4. The summed E-state index contributed by atoms with van der Waals surface area (Å²) in [6.45, 7) is 12.2. The van der Waals surface area contributed by atoms with E-state index in [4.69, 9.17) is 5.11 Å². The predicted molar refractivity (Wildman–Crippen MR) is 95.4 cm³/mol. The summed E-state index contributed by atoms with van der Waals surface area (Å²) in [5.41, 5.74) is -0.669. The molecule has 0 radical (unpaired) electrons. The number of fused-ring (bicyclic) bond motifs is 1. The molecule has 2 aliphatic rings. The van der Waals surface area contributed by atoms with Gasteiger partial charge in [-0.2, -0.15) is 0 Å². The predicted octanol–water partition coefficient (Wildman–Crippen LogP) is 2.64. The Hall–Kier alpha value is -0.420. The molecule has 0 aliphatic heterocycles. The van der Waals surface area contributed by atoms with Gasteiger partial charge in [0.25, 0.3) is 0 Å². The van der Waals surface area contributed by atoms with Crippen LogP contribution in [0.3, 0.4) is 0 Å². The zero-order valence-electron chi connectivity index (χ0n) is 15.8. The fourth-order valence-corrected chi connectivity index (χ4v) is 5.48. The second-order valence-corrected chi connectivity index (χ2v) is 9.01. The molecule has 24 heavy (non-hydrogen) atoms. The van der Waals surface area contributed by atoms with Gasteiger partial charge in [0.15, 0.2) is 0 Å². The van der Waals surface area contributed by atoms with Crippen molar-refractivity contribution in [2.24, 2.45) is 22.7 Å². The van der Waals surface area contributed by atoms with Crippen molar-refractivity contribution in [3.8, 4) is 0 Å². The first kappa shape index (κ1) is 19.9. The average Bonchev–Trinajstić information content (AvgIpc) is 2.53. The van der Waals surface area contributed by atoms with Crippen LogP contribution in [0.5, 0.6) is 0 Å². The van der Waals surface area contributed by atoms with Crippen LogP contribution in [0.2, 0.25) is 0 Å². The van der Waals surface area contributed by atoms with Crippen molar-refractivity contribution in [2.75, 3.05) is 6.61 Å². The van der Waals surface area contributed by atoms with E-state index in [0.29, 0.717) is 30.3 Å². The minimum Gasteiger partial charge on any atom is -0.393 e. The van der Waals surface area contributed by atoms with Crippen molar-refractivity contribution < 1.29 is 20.4 Å². The Labute approximate surface area is 146 Å². The molecule has 2 aliphatic carbocycles. The highest BCUT2D eigenvalue weighted by atomic mass is 16.3. The van der Waals surface area contributed by atoms with Crippen LogP contribution in [0.25, 0.3) is 0 Å². The fraction of sp³-hybridized carbons (Fsp3) is 0.900. The van der Waals surface area contributed by atoms with Crippen LogP contribution in [0.15, 0.2) is 12.2 Å². The van der Waals surface area contributed by atoms with E-state index < -0.39 is 17.8 Å². The maximum Gasteiger partial charge on any atom is 0.0978 e. The van der Waals surface area contributed by atoms with Crippen molar-refractivity contribution in [3.05, 3.63) is 12.2 Å². The second kappa shape index (κ2) is 6.71. The Morgan fingerprint density at radius 2 is 1.83 bits per heavy atom. The summed E-state index contributed by atoms with van der Waals surface area (Å²) in [7, 11) is 0. The van der Waals surface area contributed by atoms with Gasteiger partial charge in [0.05, 0.1) is 24.4 Å². The molecular weight excluding hydrogens is 304 g/mol. The molecule has 0 amide bonds. The summed E-state index contributed by atoms with van der Waals surface area (Å²) in [5.74, 6) is 0.840. The number of rotatable bonds is 5. The van der Waals surface area contributed by atoms with E-state index in [9.17, 15) is 15.3 Å². The molecule has 2 fully saturated rings. The van der Waals surface area contributed by atoms with Crippen LogP contribution in [0.4, 0.5) is 0 Å². The fourth-order valence-electron chi connectivity index (χ4n) is 5.48. The summed E-state index contributed by atoms with van der Waals surface area (Å²) < 4.78 is 0. The number of aliphatic hydroxyl groups is 4. The minimum absolute atomic E-state index is 0.0231.